The Hall–Kier alpha value is -0.930. The van der Waals surface area contributed by atoms with E-state index in [1.54, 1.807) is 12.1 Å². The van der Waals surface area contributed by atoms with E-state index in [4.69, 9.17) is 5.73 Å². The molecule has 20 heavy (non-hydrogen) atoms. The molecule has 1 atom stereocenters. The fourth-order valence-corrected chi connectivity index (χ4v) is 3.45. The van der Waals surface area contributed by atoms with Crippen LogP contribution in [0.4, 0.5) is 4.39 Å². The van der Waals surface area contributed by atoms with E-state index < -0.39 is 6.10 Å². The lowest BCUT2D eigenvalue weighted by Gasteiger charge is -2.43. The average molecular weight is 279 g/mol. The predicted molar refractivity (Wildman–Crippen MR) is 79.8 cm³/mol. The zero-order chi connectivity index (χ0) is 14.8. The summed E-state index contributed by atoms with van der Waals surface area (Å²) < 4.78 is 14.0. The highest BCUT2D eigenvalue weighted by atomic mass is 19.1. The molecule has 0 saturated heterocycles. The summed E-state index contributed by atoms with van der Waals surface area (Å²) in [5.74, 6) is 0.401. The number of halogens is 1. The standard InChI is InChI=1S/C17H26FNO/c1-3-13-6-8-17(11-19,9-7-13)16(20)14-10-12(2)4-5-15(14)18/h4-5,10,13,16,20H,3,6-9,11,19H2,1-2H3. The van der Waals surface area contributed by atoms with Crippen LogP contribution in [0.25, 0.3) is 0 Å². The fraction of sp³-hybridized carbons (Fsp3) is 0.647. The molecule has 1 aliphatic carbocycles. The molecule has 0 aliphatic heterocycles. The van der Waals surface area contributed by atoms with Gasteiger partial charge in [0.05, 0.1) is 6.10 Å². The van der Waals surface area contributed by atoms with Gasteiger partial charge in [0.25, 0.3) is 0 Å². The van der Waals surface area contributed by atoms with Gasteiger partial charge in [-0.3, -0.25) is 0 Å². The van der Waals surface area contributed by atoms with E-state index in [9.17, 15) is 9.50 Å². The Labute approximate surface area is 121 Å². The second kappa shape index (κ2) is 6.23. The van der Waals surface area contributed by atoms with Crippen LogP contribution in [-0.4, -0.2) is 11.7 Å². The third-order valence-electron chi connectivity index (χ3n) is 5.11. The number of hydrogen-bond acceptors (Lipinski definition) is 2. The molecule has 0 amide bonds. The summed E-state index contributed by atoms with van der Waals surface area (Å²) in [5.41, 5.74) is 6.98. The largest absolute Gasteiger partial charge is 0.388 e. The van der Waals surface area contributed by atoms with Gasteiger partial charge < -0.3 is 10.8 Å². The number of aryl methyl sites for hydroxylation is 1. The summed E-state index contributed by atoms with van der Waals surface area (Å²) in [7, 11) is 0. The average Bonchev–Trinajstić information content (AvgIpc) is 2.49. The van der Waals surface area contributed by atoms with Gasteiger partial charge in [-0.25, -0.2) is 4.39 Å². The number of rotatable bonds is 4. The summed E-state index contributed by atoms with van der Waals surface area (Å²) >= 11 is 0. The maximum Gasteiger partial charge on any atom is 0.129 e. The van der Waals surface area contributed by atoms with E-state index in [0.717, 1.165) is 37.2 Å². The molecular formula is C17H26FNO. The molecule has 0 heterocycles. The quantitative estimate of drug-likeness (QED) is 0.882. The van der Waals surface area contributed by atoms with Crippen molar-refractivity contribution < 1.29 is 9.50 Å². The maximum absolute atomic E-state index is 14.0. The number of benzene rings is 1. The molecule has 1 aromatic rings. The van der Waals surface area contributed by atoms with E-state index in [-0.39, 0.29) is 11.2 Å². The van der Waals surface area contributed by atoms with Gasteiger partial charge in [0.2, 0.25) is 0 Å². The van der Waals surface area contributed by atoms with E-state index in [0.29, 0.717) is 12.1 Å². The minimum atomic E-state index is -0.801. The van der Waals surface area contributed by atoms with Crippen molar-refractivity contribution in [1.29, 1.82) is 0 Å². The number of hydrogen-bond donors (Lipinski definition) is 2. The molecule has 1 unspecified atom stereocenters. The second-order valence-corrected chi connectivity index (χ2v) is 6.35. The van der Waals surface area contributed by atoms with Crippen LogP contribution in [0.15, 0.2) is 18.2 Å². The lowest BCUT2D eigenvalue weighted by molar-refractivity contribution is -0.0123. The maximum atomic E-state index is 14.0. The summed E-state index contributed by atoms with van der Waals surface area (Å²) in [5, 5.41) is 10.7. The van der Waals surface area contributed by atoms with Crippen molar-refractivity contribution in [2.75, 3.05) is 6.54 Å². The van der Waals surface area contributed by atoms with Gasteiger partial charge in [0.1, 0.15) is 5.82 Å². The zero-order valence-electron chi connectivity index (χ0n) is 12.5. The molecule has 3 heteroatoms. The number of aliphatic hydroxyl groups is 1. The molecule has 1 saturated carbocycles. The number of aliphatic hydroxyl groups excluding tert-OH is 1. The van der Waals surface area contributed by atoms with Crippen LogP contribution in [-0.2, 0) is 0 Å². The Morgan fingerprint density at radius 3 is 2.60 bits per heavy atom. The summed E-state index contributed by atoms with van der Waals surface area (Å²) in [4.78, 5) is 0. The van der Waals surface area contributed by atoms with Gasteiger partial charge in [0.15, 0.2) is 0 Å². The van der Waals surface area contributed by atoms with Crippen molar-refractivity contribution >= 4 is 0 Å². The highest BCUT2D eigenvalue weighted by molar-refractivity contribution is 5.27. The first-order chi connectivity index (χ1) is 9.52. The highest BCUT2D eigenvalue weighted by Gasteiger charge is 2.41. The Morgan fingerprint density at radius 2 is 2.05 bits per heavy atom. The molecule has 2 rings (SSSR count). The molecule has 0 bridgehead atoms. The van der Waals surface area contributed by atoms with Crippen LogP contribution in [0.3, 0.4) is 0 Å². The lowest BCUT2D eigenvalue weighted by atomic mass is 9.65. The van der Waals surface area contributed by atoms with E-state index in [2.05, 4.69) is 6.92 Å². The van der Waals surface area contributed by atoms with E-state index in [1.165, 1.54) is 12.5 Å². The molecule has 1 aliphatic rings. The fourth-order valence-electron chi connectivity index (χ4n) is 3.45. The molecule has 2 nitrogen and oxygen atoms in total. The first kappa shape index (κ1) is 15.5. The minimum absolute atomic E-state index is 0.325. The normalized spacial score (nSPS) is 28.4. The van der Waals surface area contributed by atoms with Gasteiger partial charge in [-0.2, -0.15) is 0 Å². The van der Waals surface area contributed by atoms with Crippen molar-refractivity contribution in [2.24, 2.45) is 17.1 Å². The molecule has 1 fully saturated rings. The van der Waals surface area contributed by atoms with Gasteiger partial charge in [-0.05, 0) is 44.6 Å². The Bertz CT molecular complexity index is 452. The van der Waals surface area contributed by atoms with Crippen molar-refractivity contribution in [1.82, 2.24) is 0 Å². The Kier molecular flexibility index (Phi) is 4.82. The van der Waals surface area contributed by atoms with Gasteiger partial charge in [-0.1, -0.05) is 31.0 Å². The SMILES string of the molecule is CCC1CCC(CN)(C(O)c2cc(C)ccc2F)CC1. The molecule has 3 N–H and O–H groups in total. The predicted octanol–water partition coefficient (Wildman–Crippen LogP) is 3.71. The Morgan fingerprint density at radius 1 is 1.40 bits per heavy atom. The van der Waals surface area contributed by atoms with Crippen LogP contribution in [0, 0.1) is 24.1 Å². The topological polar surface area (TPSA) is 46.2 Å². The first-order valence-electron chi connectivity index (χ1n) is 7.66. The van der Waals surface area contributed by atoms with Crippen LogP contribution in [0.5, 0.6) is 0 Å². The lowest BCUT2D eigenvalue weighted by Crippen LogP contribution is -2.40. The van der Waals surface area contributed by atoms with Crippen molar-refractivity contribution in [2.45, 2.75) is 52.1 Å². The zero-order valence-corrected chi connectivity index (χ0v) is 12.5. The molecule has 0 radical (unpaired) electrons. The van der Waals surface area contributed by atoms with Crippen LogP contribution >= 0.6 is 0 Å². The molecular weight excluding hydrogens is 253 g/mol. The third-order valence-corrected chi connectivity index (χ3v) is 5.11. The summed E-state index contributed by atoms with van der Waals surface area (Å²) in [6.07, 6.45) is 4.31. The molecule has 112 valence electrons. The summed E-state index contributed by atoms with van der Waals surface area (Å²) in [6.45, 7) is 4.54. The minimum Gasteiger partial charge on any atom is -0.388 e. The van der Waals surface area contributed by atoms with Crippen molar-refractivity contribution in [3.63, 3.8) is 0 Å². The summed E-state index contributed by atoms with van der Waals surface area (Å²) in [6, 6.07) is 4.92. The van der Waals surface area contributed by atoms with Crippen LogP contribution in [0.2, 0.25) is 0 Å². The van der Waals surface area contributed by atoms with Crippen LogP contribution < -0.4 is 5.73 Å². The molecule has 0 spiro atoms. The van der Waals surface area contributed by atoms with E-state index >= 15 is 0 Å². The molecule has 1 aromatic carbocycles. The second-order valence-electron chi connectivity index (χ2n) is 6.35. The molecule has 0 aromatic heterocycles. The van der Waals surface area contributed by atoms with E-state index in [1.807, 2.05) is 6.92 Å². The van der Waals surface area contributed by atoms with Gasteiger partial charge >= 0.3 is 0 Å². The van der Waals surface area contributed by atoms with Crippen molar-refractivity contribution in [3.05, 3.63) is 35.1 Å². The van der Waals surface area contributed by atoms with Crippen molar-refractivity contribution in [3.8, 4) is 0 Å². The third kappa shape index (κ3) is 2.89. The monoisotopic (exact) mass is 279 g/mol. The van der Waals surface area contributed by atoms with Gasteiger partial charge in [0, 0.05) is 17.5 Å². The number of nitrogens with two attached hydrogens (primary N) is 1. The van der Waals surface area contributed by atoms with Crippen LogP contribution in [0.1, 0.15) is 56.3 Å². The van der Waals surface area contributed by atoms with Gasteiger partial charge in [-0.15, -0.1) is 0 Å². The first-order valence-corrected chi connectivity index (χ1v) is 7.66. The highest BCUT2D eigenvalue weighted by Crippen LogP contribution is 2.47. The Balaban J connectivity index is 2.25. The smallest absolute Gasteiger partial charge is 0.129 e.